The topological polar surface area (TPSA) is 54.2 Å². The number of imidazole rings is 1. The van der Waals surface area contributed by atoms with Crippen molar-refractivity contribution in [2.45, 2.75) is 13.1 Å². The summed E-state index contributed by atoms with van der Waals surface area (Å²) in [6, 6.07) is 11.4. The molecule has 1 heterocycles. The van der Waals surface area contributed by atoms with Gasteiger partial charge >= 0.3 is 0 Å². The first kappa shape index (κ1) is 20.8. The second-order valence-corrected chi connectivity index (χ2v) is 5.66. The van der Waals surface area contributed by atoms with Crippen LogP contribution in [-0.4, -0.2) is 22.6 Å². The van der Waals surface area contributed by atoms with E-state index < -0.39 is 0 Å². The summed E-state index contributed by atoms with van der Waals surface area (Å²) in [5.41, 5.74) is 2.03. The molecule has 0 fully saturated rings. The fraction of sp³-hybridized carbons (Fsp3) is 0.158. The van der Waals surface area contributed by atoms with Gasteiger partial charge in [0.25, 0.3) is 0 Å². The van der Waals surface area contributed by atoms with Gasteiger partial charge in [0.2, 0.25) is 0 Å². The number of hydrogen-bond acceptors (Lipinski definition) is 2. The Kier molecular flexibility index (Phi) is 7.71. The largest absolute Gasteiger partial charge is 0.352 e. The first-order valence-corrected chi connectivity index (χ1v) is 8.11. The van der Waals surface area contributed by atoms with Crippen LogP contribution in [0.4, 0.5) is 8.78 Å². The van der Waals surface area contributed by atoms with Crippen molar-refractivity contribution in [3.8, 4) is 5.69 Å². The van der Waals surface area contributed by atoms with Crippen molar-refractivity contribution in [3.05, 3.63) is 83.9 Å². The summed E-state index contributed by atoms with van der Waals surface area (Å²) in [7, 11) is 1.64. The van der Waals surface area contributed by atoms with Crippen LogP contribution >= 0.6 is 24.0 Å². The maximum Gasteiger partial charge on any atom is 0.191 e. The standard InChI is InChI=1S/C19H19F2N5.HI/c1-22-19(24-11-14-3-2-4-16(20)9-14)25-12-15-5-6-18(17(21)10-15)26-8-7-23-13-26;/h2-10,13H,11-12H2,1H3,(H2,22,24,25);1H. The molecule has 3 rings (SSSR count). The summed E-state index contributed by atoms with van der Waals surface area (Å²) in [5, 5.41) is 6.21. The van der Waals surface area contributed by atoms with Crippen molar-refractivity contribution in [1.29, 1.82) is 0 Å². The van der Waals surface area contributed by atoms with Gasteiger partial charge in [-0.1, -0.05) is 18.2 Å². The minimum atomic E-state index is -0.329. The molecule has 142 valence electrons. The number of nitrogens with one attached hydrogen (secondary N) is 2. The third-order valence-electron chi connectivity index (χ3n) is 3.83. The zero-order valence-corrected chi connectivity index (χ0v) is 17.0. The summed E-state index contributed by atoms with van der Waals surface area (Å²) in [4.78, 5) is 8.04. The van der Waals surface area contributed by atoms with Crippen LogP contribution in [0.5, 0.6) is 0 Å². The Hall–Kier alpha value is -2.49. The number of aromatic nitrogens is 2. The van der Waals surface area contributed by atoms with Crippen LogP contribution in [0.15, 0.2) is 66.2 Å². The van der Waals surface area contributed by atoms with Crippen LogP contribution in [0.1, 0.15) is 11.1 Å². The van der Waals surface area contributed by atoms with Crippen LogP contribution in [0.3, 0.4) is 0 Å². The van der Waals surface area contributed by atoms with Gasteiger partial charge in [0.05, 0.1) is 12.0 Å². The second kappa shape index (κ2) is 10.0. The highest BCUT2D eigenvalue weighted by atomic mass is 127. The minimum Gasteiger partial charge on any atom is -0.352 e. The third kappa shape index (κ3) is 5.75. The molecule has 8 heteroatoms. The fourth-order valence-corrected chi connectivity index (χ4v) is 2.51. The quantitative estimate of drug-likeness (QED) is 0.331. The van der Waals surface area contributed by atoms with Crippen molar-refractivity contribution in [3.63, 3.8) is 0 Å². The van der Waals surface area contributed by atoms with Gasteiger partial charge < -0.3 is 15.2 Å². The summed E-state index contributed by atoms with van der Waals surface area (Å²) in [6.07, 6.45) is 4.84. The number of halogens is 3. The van der Waals surface area contributed by atoms with Crippen LogP contribution in [0, 0.1) is 11.6 Å². The van der Waals surface area contributed by atoms with E-state index in [4.69, 9.17) is 0 Å². The Bertz CT molecular complexity index is 897. The first-order chi connectivity index (χ1) is 12.7. The smallest absolute Gasteiger partial charge is 0.191 e. The number of benzene rings is 2. The van der Waals surface area contributed by atoms with Crippen LogP contribution in [0.2, 0.25) is 0 Å². The Balaban J connectivity index is 0.00000261. The minimum absolute atomic E-state index is 0. The molecule has 1 aromatic heterocycles. The molecule has 2 aromatic carbocycles. The van der Waals surface area contributed by atoms with Crippen molar-refractivity contribution in [1.82, 2.24) is 20.2 Å². The monoisotopic (exact) mass is 483 g/mol. The number of hydrogen-bond donors (Lipinski definition) is 2. The molecule has 0 saturated carbocycles. The van der Waals surface area contributed by atoms with E-state index in [9.17, 15) is 8.78 Å². The van der Waals surface area contributed by atoms with Gasteiger partial charge in [-0.15, -0.1) is 24.0 Å². The average molecular weight is 483 g/mol. The molecular formula is C19H20F2IN5. The van der Waals surface area contributed by atoms with Crippen molar-refractivity contribution in [2.24, 2.45) is 4.99 Å². The van der Waals surface area contributed by atoms with Gasteiger partial charge in [-0.05, 0) is 35.4 Å². The zero-order valence-electron chi connectivity index (χ0n) is 14.7. The van der Waals surface area contributed by atoms with Gasteiger partial charge in [0.15, 0.2) is 5.96 Å². The van der Waals surface area contributed by atoms with Crippen LogP contribution < -0.4 is 10.6 Å². The average Bonchev–Trinajstić information content (AvgIpc) is 3.16. The molecular weight excluding hydrogens is 463 g/mol. The predicted molar refractivity (Wildman–Crippen MR) is 112 cm³/mol. The summed E-state index contributed by atoms with van der Waals surface area (Å²) >= 11 is 0. The van der Waals surface area contributed by atoms with E-state index >= 15 is 0 Å². The number of aliphatic imine (C=N–C) groups is 1. The lowest BCUT2D eigenvalue weighted by atomic mass is 10.2. The number of rotatable bonds is 5. The molecule has 0 bridgehead atoms. The highest BCUT2D eigenvalue weighted by Gasteiger charge is 2.06. The van der Waals surface area contributed by atoms with E-state index in [0.29, 0.717) is 24.7 Å². The summed E-state index contributed by atoms with van der Waals surface area (Å²) in [6.45, 7) is 0.843. The van der Waals surface area contributed by atoms with Gasteiger partial charge in [-0.3, -0.25) is 4.99 Å². The molecule has 0 amide bonds. The Morgan fingerprint density at radius 3 is 2.41 bits per heavy atom. The molecule has 0 atom stereocenters. The van der Waals surface area contributed by atoms with E-state index in [1.807, 2.05) is 12.1 Å². The molecule has 0 aliphatic carbocycles. The Labute approximate surface area is 173 Å². The number of guanidine groups is 1. The van der Waals surface area contributed by atoms with Crippen LogP contribution in [-0.2, 0) is 13.1 Å². The normalized spacial score (nSPS) is 11.0. The maximum atomic E-state index is 14.3. The Morgan fingerprint density at radius 1 is 1.07 bits per heavy atom. The molecule has 0 unspecified atom stereocenters. The first-order valence-electron chi connectivity index (χ1n) is 8.11. The van der Waals surface area contributed by atoms with Gasteiger partial charge in [0.1, 0.15) is 11.6 Å². The van der Waals surface area contributed by atoms with E-state index in [0.717, 1.165) is 11.1 Å². The van der Waals surface area contributed by atoms with E-state index in [2.05, 4.69) is 20.6 Å². The molecule has 0 saturated heterocycles. The van der Waals surface area contributed by atoms with E-state index in [-0.39, 0.29) is 35.6 Å². The SMILES string of the molecule is CN=C(NCc1cccc(F)c1)NCc1ccc(-n2ccnc2)c(F)c1.I. The van der Waals surface area contributed by atoms with Crippen molar-refractivity contribution >= 4 is 29.9 Å². The molecule has 27 heavy (non-hydrogen) atoms. The summed E-state index contributed by atoms with van der Waals surface area (Å²) < 4.78 is 29.1. The summed E-state index contributed by atoms with van der Waals surface area (Å²) in [5.74, 6) is -0.0564. The number of nitrogens with zero attached hydrogens (tertiary/aromatic N) is 3. The molecule has 3 aromatic rings. The molecule has 0 aliphatic rings. The molecule has 2 N–H and O–H groups in total. The maximum absolute atomic E-state index is 14.3. The third-order valence-corrected chi connectivity index (χ3v) is 3.83. The van der Waals surface area contributed by atoms with Gasteiger partial charge in [0, 0.05) is 32.5 Å². The van der Waals surface area contributed by atoms with E-state index in [1.165, 1.54) is 18.2 Å². The fourth-order valence-electron chi connectivity index (χ4n) is 2.51. The van der Waals surface area contributed by atoms with Crippen LogP contribution in [0.25, 0.3) is 5.69 Å². The molecule has 0 aliphatic heterocycles. The van der Waals surface area contributed by atoms with Gasteiger partial charge in [-0.25, -0.2) is 13.8 Å². The zero-order chi connectivity index (χ0) is 18.4. The Morgan fingerprint density at radius 2 is 1.81 bits per heavy atom. The lowest BCUT2D eigenvalue weighted by Crippen LogP contribution is -2.36. The second-order valence-electron chi connectivity index (χ2n) is 5.66. The lowest BCUT2D eigenvalue weighted by Gasteiger charge is -2.13. The molecule has 0 spiro atoms. The van der Waals surface area contributed by atoms with Crippen molar-refractivity contribution < 1.29 is 8.78 Å². The highest BCUT2D eigenvalue weighted by molar-refractivity contribution is 14.0. The van der Waals surface area contributed by atoms with E-state index in [1.54, 1.807) is 42.5 Å². The lowest BCUT2D eigenvalue weighted by molar-refractivity contribution is 0.614. The highest BCUT2D eigenvalue weighted by Crippen LogP contribution is 2.14. The molecule has 0 radical (unpaired) electrons. The predicted octanol–water partition coefficient (Wildman–Crippen LogP) is 3.63. The van der Waals surface area contributed by atoms with Crippen molar-refractivity contribution in [2.75, 3.05) is 7.05 Å². The molecule has 5 nitrogen and oxygen atoms in total. The van der Waals surface area contributed by atoms with Gasteiger partial charge in [-0.2, -0.15) is 0 Å².